The Hall–Kier alpha value is -0.980. The molecule has 3 aliphatic heterocycles. The molecule has 4 saturated carbocycles. The van der Waals surface area contributed by atoms with Crippen LogP contribution in [-0.2, 0) is 28.4 Å². The van der Waals surface area contributed by atoms with E-state index in [-0.39, 0.29) is 30.3 Å². The minimum absolute atomic E-state index is 0.0828. The van der Waals surface area contributed by atoms with Crippen molar-refractivity contribution < 1.29 is 89.7 Å². The summed E-state index contributed by atoms with van der Waals surface area (Å²) in [5, 5.41) is 131. The van der Waals surface area contributed by atoms with Crippen LogP contribution in [0.5, 0.6) is 0 Å². The maximum atomic E-state index is 12.7. The Balaban J connectivity index is 1.27. The van der Waals surface area contributed by atoms with Gasteiger partial charge in [-0.25, -0.2) is 0 Å². The topological polar surface area (TPSA) is 298 Å². The molecule has 7 fully saturated rings. The van der Waals surface area contributed by atoms with Gasteiger partial charge < -0.3 is 89.7 Å². The molecule has 7 aliphatic rings. The predicted octanol–water partition coefficient (Wildman–Crippen LogP) is -0.417. The maximum Gasteiger partial charge on any atom is 0.187 e. The van der Waals surface area contributed by atoms with E-state index < -0.39 is 145 Å². The maximum absolute atomic E-state index is 12.7. The third-order valence-electron chi connectivity index (χ3n) is 18.3. The zero-order chi connectivity index (χ0) is 47.9. The molecule has 0 unspecified atom stereocenters. The van der Waals surface area contributed by atoms with Crippen LogP contribution in [0, 0.1) is 45.3 Å². The number of aliphatic hydroxyl groups is 12. The van der Waals surface area contributed by atoms with Gasteiger partial charge >= 0.3 is 0 Å². The molecule has 7 rings (SSSR count). The van der Waals surface area contributed by atoms with Crippen molar-refractivity contribution in [3.63, 3.8) is 0 Å². The number of rotatable bonds is 12. The van der Waals surface area contributed by atoms with Gasteiger partial charge in [0.15, 0.2) is 18.9 Å². The van der Waals surface area contributed by atoms with Crippen molar-refractivity contribution in [2.24, 2.45) is 45.3 Å². The molecule has 0 amide bonds. The number of ether oxygens (including phenoxy) is 6. The SMILES string of the molecule is CC(C)=CCC[C@@](C)(O[C@H]1O[C@@H](CO)[C@H](O)[C@@H](O)[C@@H]1O)[C@@H]1CC[C@@]2(C)[C@H]1[C@@H](O)C[C@H]1[C@]3(C)CC[C@@H](O)C(C)(C)[C@H]3[C@H](O[C@H]3O[C@@H](CO)[C@H](O)[C@@H](O)[C@@H]3O[C@H]3OC[C@H](O)[C@@H](O)[C@@H]3O)C[C@@]12C. The van der Waals surface area contributed by atoms with E-state index in [0.29, 0.717) is 51.4 Å². The molecular weight excluding hydrogens is 852 g/mol. The van der Waals surface area contributed by atoms with E-state index in [1.165, 1.54) is 0 Å². The first-order valence-corrected chi connectivity index (χ1v) is 23.9. The number of hydrogen-bond donors (Lipinski definition) is 12. The molecule has 18 nitrogen and oxygen atoms in total. The highest BCUT2D eigenvalue weighted by Gasteiger charge is 2.74. The molecule has 25 atom stereocenters. The summed E-state index contributed by atoms with van der Waals surface area (Å²) in [6.45, 7) is 15.0. The van der Waals surface area contributed by atoms with E-state index in [2.05, 4.69) is 26.8 Å². The normalized spacial score (nSPS) is 53.0. The molecule has 12 N–H and O–H groups in total. The fourth-order valence-corrected chi connectivity index (χ4v) is 14.6. The molecule has 0 aromatic carbocycles. The lowest BCUT2D eigenvalue weighted by Gasteiger charge is -2.72. The third-order valence-corrected chi connectivity index (χ3v) is 18.3. The fraction of sp³-hybridized carbons (Fsp3) is 0.957. The Kier molecular flexibility index (Phi) is 15.1. The number of hydrogen-bond acceptors (Lipinski definition) is 18. The van der Waals surface area contributed by atoms with Gasteiger partial charge in [-0.2, -0.15) is 0 Å². The van der Waals surface area contributed by atoms with Crippen LogP contribution < -0.4 is 0 Å². The van der Waals surface area contributed by atoms with Gasteiger partial charge in [-0.05, 0) is 117 Å². The van der Waals surface area contributed by atoms with Crippen LogP contribution in [-0.4, -0.2) is 191 Å². The fourth-order valence-electron chi connectivity index (χ4n) is 14.6. The molecule has 376 valence electrons. The lowest BCUT2D eigenvalue weighted by atomic mass is 9.34. The quantitative estimate of drug-likeness (QED) is 0.0874. The van der Waals surface area contributed by atoms with Gasteiger partial charge in [-0.1, -0.05) is 46.3 Å². The lowest BCUT2D eigenvalue weighted by molar-refractivity contribution is -0.377. The average Bonchev–Trinajstić information content (AvgIpc) is 3.63. The summed E-state index contributed by atoms with van der Waals surface area (Å²) in [7, 11) is 0. The Labute approximate surface area is 382 Å². The van der Waals surface area contributed by atoms with Crippen LogP contribution >= 0.6 is 0 Å². The van der Waals surface area contributed by atoms with Gasteiger partial charge in [-0.3, -0.25) is 0 Å². The summed E-state index contributed by atoms with van der Waals surface area (Å²) in [4.78, 5) is 0. The summed E-state index contributed by atoms with van der Waals surface area (Å²) < 4.78 is 37.7. The first-order valence-electron chi connectivity index (χ1n) is 23.9. The van der Waals surface area contributed by atoms with Gasteiger partial charge in [0.1, 0.15) is 67.1 Å². The first-order chi connectivity index (χ1) is 30.3. The largest absolute Gasteiger partial charge is 0.394 e. The van der Waals surface area contributed by atoms with Gasteiger partial charge in [0.05, 0.1) is 43.7 Å². The molecule has 3 heterocycles. The van der Waals surface area contributed by atoms with Crippen LogP contribution in [0.3, 0.4) is 0 Å². The molecule has 4 aliphatic carbocycles. The van der Waals surface area contributed by atoms with Gasteiger partial charge in [0.2, 0.25) is 0 Å². The van der Waals surface area contributed by atoms with Crippen molar-refractivity contribution in [2.75, 3.05) is 19.8 Å². The van der Waals surface area contributed by atoms with Crippen molar-refractivity contribution in [3.8, 4) is 0 Å². The zero-order valence-corrected chi connectivity index (χ0v) is 39.3. The van der Waals surface area contributed by atoms with Crippen molar-refractivity contribution >= 4 is 0 Å². The van der Waals surface area contributed by atoms with E-state index in [0.717, 1.165) is 5.57 Å². The smallest absolute Gasteiger partial charge is 0.187 e. The molecule has 0 aromatic heterocycles. The van der Waals surface area contributed by atoms with Crippen molar-refractivity contribution in [2.45, 2.75) is 217 Å². The molecule has 0 aromatic rings. The van der Waals surface area contributed by atoms with Gasteiger partial charge in [0, 0.05) is 0 Å². The number of fused-ring (bicyclic) bond motifs is 5. The van der Waals surface area contributed by atoms with Crippen LogP contribution in [0.2, 0.25) is 0 Å². The molecule has 3 saturated heterocycles. The van der Waals surface area contributed by atoms with Gasteiger partial charge in [0.25, 0.3) is 0 Å². The molecule has 0 bridgehead atoms. The Bertz CT molecular complexity index is 1660. The Morgan fingerprint density at radius 1 is 0.692 bits per heavy atom. The summed E-state index contributed by atoms with van der Waals surface area (Å²) >= 11 is 0. The van der Waals surface area contributed by atoms with Crippen molar-refractivity contribution in [3.05, 3.63) is 11.6 Å². The summed E-state index contributed by atoms with van der Waals surface area (Å²) in [6.07, 6.45) is -17.2. The van der Waals surface area contributed by atoms with E-state index in [4.69, 9.17) is 28.4 Å². The van der Waals surface area contributed by atoms with Crippen molar-refractivity contribution in [1.82, 2.24) is 0 Å². The first kappa shape index (κ1) is 51.9. The molecule has 65 heavy (non-hydrogen) atoms. The molecule has 0 spiro atoms. The second-order valence-corrected chi connectivity index (χ2v) is 22.6. The highest BCUT2D eigenvalue weighted by molar-refractivity contribution is 5.22. The Morgan fingerprint density at radius 3 is 1.94 bits per heavy atom. The van der Waals surface area contributed by atoms with Crippen LogP contribution in [0.15, 0.2) is 11.6 Å². The molecular formula is C47H80O18. The van der Waals surface area contributed by atoms with E-state index in [1.54, 1.807) is 0 Å². The second-order valence-electron chi connectivity index (χ2n) is 22.6. The monoisotopic (exact) mass is 933 g/mol. The van der Waals surface area contributed by atoms with Crippen LogP contribution in [0.4, 0.5) is 0 Å². The van der Waals surface area contributed by atoms with Crippen LogP contribution in [0.1, 0.15) is 107 Å². The molecule has 0 radical (unpaired) electrons. The number of allylic oxidation sites excluding steroid dienone is 2. The summed E-state index contributed by atoms with van der Waals surface area (Å²) in [5.74, 6) is -1.11. The third kappa shape index (κ3) is 8.72. The second kappa shape index (κ2) is 19.0. The minimum Gasteiger partial charge on any atom is -0.394 e. The van der Waals surface area contributed by atoms with E-state index >= 15 is 0 Å². The highest BCUT2D eigenvalue weighted by Crippen LogP contribution is 2.76. The zero-order valence-electron chi connectivity index (χ0n) is 39.3. The van der Waals surface area contributed by atoms with Gasteiger partial charge in [-0.15, -0.1) is 0 Å². The van der Waals surface area contributed by atoms with E-state index in [9.17, 15) is 61.3 Å². The lowest BCUT2D eigenvalue weighted by Crippen LogP contribution is -2.71. The van der Waals surface area contributed by atoms with E-state index in [1.807, 2.05) is 34.6 Å². The number of aliphatic hydroxyl groups excluding tert-OH is 12. The summed E-state index contributed by atoms with van der Waals surface area (Å²) in [6, 6.07) is 0. The average molecular weight is 933 g/mol. The molecule has 18 heteroatoms. The standard InChI is InChI=1S/C47H80O18/c1-21(2)10-9-13-47(8,65-41-37(59)34(56)32(54)26(18-48)62-41)22-11-15-45(6)30(22)23(50)16-28-44(5)14-12-29(52)43(3,4)39(44)25(17-46(28,45)7)61-42-38(35(57)33(55)27(19-49)63-42)64-40-36(58)31(53)24(51)20-60-40/h10,22-42,48-59H,9,11-20H2,1-8H3/t22-,23+,24+,25-,26+,27+,28+,29-,30-,31-,32+,33+,34-,35-,36+,37+,38+,39-,40-,41-,42+,44+,45+,46+,47-/m1/s1. The van der Waals surface area contributed by atoms with Crippen LogP contribution in [0.25, 0.3) is 0 Å². The Morgan fingerprint density at radius 2 is 1.31 bits per heavy atom. The minimum atomic E-state index is -1.73. The summed E-state index contributed by atoms with van der Waals surface area (Å²) in [5.41, 5.74) is -2.41. The predicted molar refractivity (Wildman–Crippen MR) is 229 cm³/mol. The highest BCUT2D eigenvalue weighted by atomic mass is 16.8. The van der Waals surface area contributed by atoms with Crippen molar-refractivity contribution in [1.29, 1.82) is 0 Å².